The van der Waals surface area contributed by atoms with Crippen LogP contribution in [0.3, 0.4) is 0 Å². The number of anilines is 1. The van der Waals surface area contributed by atoms with Crippen LogP contribution in [0.25, 0.3) is 0 Å². The van der Waals surface area contributed by atoms with Crippen LogP contribution >= 0.6 is 0 Å². The van der Waals surface area contributed by atoms with Crippen LogP contribution in [0.4, 0.5) is 5.69 Å². The van der Waals surface area contributed by atoms with Gasteiger partial charge >= 0.3 is 0 Å². The van der Waals surface area contributed by atoms with E-state index in [2.05, 4.69) is 24.4 Å². The molecule has 0 saturated carbocycles. The Morgan fingerprint density at radius 2 is 1.86 bits per heavy atom. The molecule has 0 radical (unpaired) electrons. The Morgan fingerprint density at radius 3 is 2.21 bits per heavy atom. The second kappa shape index (κ2) is 9.78. The molecular weight excluding hydrogens is 174 g/mol. The number of aldehydes is 1. The van der Waals surface area contributed by atoms with Gasteiger partial charge in [0, 0.05) is 18.7 Å². The third-order valence-corrected chi connectivity index (χ3v) is 1.56. The first-order valence-electron chi connectivity index (χ1n) is 5.07. The van der Waals surface area contributed by atoms with Gasteiger partial charge in [-0.25, -0.2) is 0 Å². The van der Waals surface area contributed by atoms with Gasteiger partial charge in [0.15, 0.2) is 0 Å². The molecule has 0 spiro atoms. The summed E-state index contributed by atoms with van der Waals surface area (Å²) in [6, 6.07) is 10.2. The molecule has 0 bridgehead atoms. The molecule has 0 heterocycles. The zero-order chi connectivity index (χ0) is 10.6. The van der Waals surface area contributed by atoms with Crippen LogP contribution in [0.2, 0.25) is 0 Å². The molecule has 1 aromatic carbocycles. The Balaban J connectivity index is 0.000000292. The van der Waals surface area contributed by atoms with Gasteiger partial charge in [-0.2, -0.15) is 0 Å². The summed E-state index contributed by atoms with van der Waals surface area (Å²) in [6.45, 7) is 5.06. The van der Waals surface area contributed by atoms with Crippen LogP contribution in [-0.2, 0) is 4.79 Å². The Bertz CT molecular complexity index is 221. The molecule has 0 aromatic heterocycles. The molecule has 0 amide bonds. The molecule has 0 saturated heterocycles. The number of unbranched alkanes of at least 4 members (excludes halogenated alkanes) is 1. The summed E-state index contributed by atoms with van der Waals surface area (Å²) < 4.78 is 0. The van der Waals surface area contributed by atoms with Crippen molar-refractivity contribution in [3.05, 3.63) is 30.3 Å². The average molecular weight is 193 g/mol. The van der Waals surface area contributed by atoms with E-state index in [0.29, 0.717) is 6.42 Å². The van der Waals surface area contributed by atoms with Crippen molar-refractivity contribution in [2.24, 2.45) is 0 Å². The normalized spacial score (nSPS) is 8.43. The first-order valence-corrected chi connectivity index (χ1v) is 5.07. The van der Waals surface area contributed by atoms with Crippen LogP contribution in [0, 0.1) is 0 Å². The van der Waals surface area contributed by atoms with Gasteiger partial charge in [0.05, 0.1) is 0 Å². The van der Waals surface area contributed by atoms with Crippen molar-refractivity contribution in [3.8, 4) is 0 Å². The zero-order valence-corrected chi connectivity index (χ0v) is 8.99. The van der Waals surface area contributed by atoms with E-state index in [4.69, 9.17) is 0 Å². The molecule has 0 aliphatic rings. The summed E-state index contributed by atoms with van der Waals surface area (Å²) in [4.78, 5) is 9.40. The number of rotatable bonds is 4. The molecule has 2 nitrogen and oxygen atoms in total. The maximum Gasteiger partial charge on any atom is 0.119 e. The third kappa shape index (κ3) is 7.35. The number of benzene rings is 1. The van der Waals surface area contributed by atoms with Gasteiger partial charge in [-0.3, -0.25) is 0 Å². The second-order valence-electron chi connectivity index (χ2n) is 2.85. The molecule has 78 valence electrons. The van der Waals surface area contributed by atoms with Crippen LogP contribution < -0.4 is 5.32 Å². The van der Waals surface area contributed by atoms with Crippen LogP contribution in [0.1, 0.15) is 26.7 Å². The molecule has 0 fully saturated rings. The molecular formula is C12H19NO. The van der Waals surface area contributed by atoms with Gasteiger partial charge < -0.3 is 10.1 Å². The van der Waals surface area contributed by atoms with Crippen molar-refractivity contribution >= 4 is 12.0 Å². The second-order valence-corrected chi connectivity index (χ2v) is 2.85. The molecule has 1 rings (SSSR count). The lowest BCUT2D eigenvalue weighted by Gasteiger charge is -1.99. The minimum absolute atomic E-state index is 0.708. The number of para-hydroxylation sites is 1. The summed E-state index contributed by atoms with van der Waals surface area (Å²) in [6.07, 6.45) is 2.61. The maximum absolute atomic E-state index is 9.40. The van der Waals surface area contributed by atoms with E-state index in [1.165, 1.54) is 5.69 Å². The largest absolute Gasteiger partial charge is 0.385 e. The molecule has 14 heavy (non-hydrogen) atoms. The molecule has 1 aromatic rings. The van der Waals surface area contributed by atoms with Gasteiger partial charge in [0.2, 0.25) is 0 Å². The highest BCUT2D eigenvalue weighted by molar-refractivity contribution is 5.48. The van der Waals surface area contributed by atoms with Crippen molar-refractivity contribution in [2.75, 3.05) is 11.9 Å². The molecule has 0 aliphatic carbocycles. The number of hydrogen-bond acceptors (Lipinski definition) is 2. The fourth-order valence-electron chi connectivity index (χ4n) is 0.878. The van der Waals surface area contributed by atoms with Crippen molar-refractivity contribution in [1.82, 2.24) is 0 Å². The number of hydrogen-bond donors (Lipinski definition) is 1. The number of nitrogens with one attached hydrogen (secondary N) is 1. The van der Waals surface area contributed by atoms with Crippen molar-refractivity contribution in [3.63, 3.8) is 0 Å². The van der Waals surface area contributed by atoms with E-state index in [1.54, 1.807) is 0 Å². The Kier molecular flexibility index (Phi) is 8.86. The van der Waals surface area contributed by atoms with Crippen LogP contribution in [0.15, 0.2) is 30.3 Å². The summed E-state index contributed by atoms with van der Waals surface area (Å²) in [5, 5.41) is 3.21. The van der Waals surface area contributed by atoms with Crippen molar-refractivity contribution in [2.45, 2.75) is 26.7 Å². The van der Waals surface area contributed by atoms with E-state index in [1.807, 2.05) is 25.1 Å². The van der Waals surface area contributed by atoms with E-state index < -0.39 is 0 Å². The topological polar surface area (TPSA) is 29.1 Å². The Hall–Kier alpha value is -1.31. The monoisotopic (exact) mass is 193 g/mol. The number of carbonyl (C=O) groups excluding carboxylic acids is 1. The fraction of sp³-hybridized carbons (Fsp3) is 0.417. The predicted molar refractivity (Wildman–Crippen MR) is 61.6 cm³/mol. The van der Waals surface area contributed by atoms with Gasteiger partial charge in [-0.05, 0) is 25.5 Å². The van der Waals surface area contributed by atoms with E-state index in [-0.39, 0.29) is 0 Å². The SMILES string of the molecule is CCCC=O.CCNc1ccccc1. The summed E-state index contributed by atoms with van der Waals surface area (Å²) >= 11 is 0. The average Bonchev–Trinajstić information content (AvgIpc) is 2.22. The predicted octanol–water partition coefficient (Wildman–Crippen LogP) is 3.10. The van der Waals surface area contributed by atoms with Crippen molar-refractivity contribution < 1.29 is 4.79 Å². The zero-order valence-electron chi connectivity index (χ0n) is 8.99. The Morgan fingerprint density at radius 1 is 1.21 bits per heavy atom. The first-order chi connectivity index (χ1) is 6.85. The number of carbonyl (C=O) groups is 1. The molecule has 0 aliphatic heterocycles. The van der Waals surface area contributed by atoms with E-state index in [9.17, 15) is 4.79 Å². The maximum atomic E-state index is 9.40. The van der Waals surface area contributed by atoms with E-state index in [0.717, 1.165) is 19.3 Å². The smallest absolute Gasteiger partial charge is 0.119 e. The highest BCUT2D eigenvalue weighted by Gasteiger charge is 1.81. The summed E-state index contributed by atoms with van der Waals surface area (Å²) in [5.74, 6) is 0. The Labute approximate surface area is 86.3 Å². The summed E-state index contributed by atoms with van der Waals surface area (Å²) in [7, 11) is 0. The third-order valence-electron chi connectivity index (χ3n) is 1.56. The minimum atomic E-state index is 0.708. The summed E-state index contributed by atoms with van der Waals surface area (Å²) in [5.41, 5.74) is 1.19. The van der Waals surface area contributed by atoms with Gasteiger partial charge in [0.25, 0.3) is 0 Å². The van der Waals surface area contributed by atoms with Gasteiger partial charge in [-0.1, -0.05) is 25.1 Å². The van der Waals surface area contributed by atoms with Crippen molar-refractivity contribution in [1.29, 1.82) is 0 Å². The lowest BCUT2D eigenvalue weighted by molar-refractivity contribution is -0.107. The van der Waals surface area contributed by atoms with Gasteiger partial charge in [-0.15, -0.1) is 0 Å². The molecule has 1 N–H and O–H groups in total. The molecule has 0 atom stereocenters. The van der Waals surface area contributed by atoms with E-state index >= 15 is 0 Å². The minimum Gasteiger partial charge on any atom is -0.385 e. The molecule has 0 unspecified atom stereocenters. The first kappa shape index (κ1) is 12.7. The fourth-order valence-corrected chi connectivity index (χ4v) is 0.878. The lowest BCUT2D eigenvalue weighted by atomic mass is 10.3. The molecule has 2 heteroatoms. The van der Waals surface area contributed by atoms with Gasteiger partial charge in [0.1, 0.15) is 6.29 Å². The standard InChI is InChI=1S/C8H11N.C4H8O/c1-2-9-8-6-4-3-5-7-8;1-2-3-4-5/h3-7,9H,2H2,1H3;4H,2-3H2,1H3. The quantitative estimate of drug-likeness (QED) is 0.744. The van der Waals surface area contributed by atoms with Crippen LogP contribution in [0.5, 0.6) is 0 Å². The van der Waals surface area contributed by atoms with Crippen LogP contribution in [-0.4, -0.2) is 12.8 Å². The lowest BCUT2D eigenvalue weighted by Crippen LogP contribution is -1.94. The highest BCUT2D eigenvalue weighted by Crippen LogP contribution is 2.02. The highest BCUT2D eigenvalue weighted by atomic mass is 16.1.